The van der Waals surface area contributed by atoms with Gasteiger partial charge in [-0.15, -0.1) is 0 Å². The summed E-state index contributed by atoms with van der Waals surface area (Å²) < 4.78 is 5.01. The lowest BCUT2D eigenvalue weighted by molar-refractivity contribution is 1.18. The van der Waals surface area contributed by atoms with Crippen molar-refractivity contribution in [2.75, 3.05) is 0 Å². The smallest absolute Gasteiger partial charge is 0.0642 e. The minimum absolute atomic E-state index is 1.20. The molecule has 3 nitrogen and oxygen atoms in total. The van der Waals surface area contributed by atoms with Crippen molar-refractivity contribution >= 4 is 81.7 Å². The number of hydrogen-bond donors (Lipinski definition) is 1. The van der Waals surface area contributed by atoms with Crippen LogP contribution in [0.4, 0.5) is 0 Å². The third kappa shape index (κ3) is 1.41. The van der Waals surface area contributed by atoms with E-state index in [0.29, 0.717) is 0 Å². The highest BCUT2D eigenvalue weighted by atomic mass is 15.0. The quantitative estimate of drug-likeness (QED) is 0.281. The van der Waals surface area contributed by atoms with E-state index < -0.39 is 0 Å². The first-order valence-electron chi connectivity index (χ1n) is 11.5. The molecule has 0 bridgehead atoms. The maximum absolute atomic E-state index is 3.73. The van der Waals surface area contributed by atoms with Crippen molar-refractivity contribution in [2.45, 2.75) is 0 Å². The van der Waals surface area contributed by atoms with Crippen LogP contribution in [0.1, 0.15) is 0 Å². The summed E-state index contributed by atoms with van der Waals surface area (Å²) in [6, 6.07) is 31.4. The van der Waals surface area contributed by atoms with Crippen LogP contribution >= 0.6 is 0 Å². The third-order valence-electron chi connectivity index (χ3n) is 8.07. The summed E-state index contributed by atoms with van der Waals surface area (Å²) in [5.41, 5.74) is 10.2. The summed E-state index contributed by atoms with van der Waals surface area (Å²) in [5.74, 6) is 0. The van der Waals surface area contributed by atoms with Gasteiger partial charge in [0, 0.05) is 59.8 Å². The number of rotatable bonds is 1. The van der Waals surface area contributed by atoms with Crippen LogP contribution in [0.5, 0.6) is 0 Å². The summed E-state index contributed by atoms with van der Waals surface area (Å²) in [6.45, 7) is 0. The molecule has 1 N–H and O–H groups in total. The molecule has 0 radical (unpaired) electrons. The van der Waals surface area contributed by atoms with E-state index in [0.717, 1.165) is 0 Å². The predicted molar refractivity (Wildman–Crippen MR) is 138 cm³/mol. The number of benzene rings is 5. The Morgan fingerprint density at radius 2 is 1.09 bits per heavy atom. The van der Waals surface area contributed by atoms with Crippen molar-refractivity contribution in [3.8, 4) is 5.69 Å². The van der Waals surface area contributed by atoms with Gasteiger partial charge in [0.15, 0.2) is 0 Å². The second-order valence-electron chi connectivity index (χ2n) is 9.46. The molecule has 0 fully saturated rings. The molecule has 10 aromatic rings. The highest BCUT2D eigenvalue weighted by molar-refractivity contribution is 6.41. The predicted octanol–water partition coefficient (Wildman–Crippen LogP) is 7.88. The van der Waals surface area contributed by atoms with Crippen molar-refractivity contribution in [3.05, 3.63) is 84.9 Å². The van der Waals surface area contributed by atoms with Gasteiger partial charge in [0.25, 0.3) is 0 Å². The van der Waals surface area contributed by atoms with Gasteiger partial charge in [0.2, 0.25) is 0 Å². The van der Waals surface area contributed by atoms with E-state index in [1.807, 2.05) is 0 Å². The maximum Gasteiger partial charge on any atom is 0.0642 e. The molecule has 150 valence electrons. The first-order chi connectivity index (χ1) is 16.4. The maximum atomic E-state index is 3.73. The first-order valence-corrected chi connectivity index (χ1v) is 11.5. The molecule has 5 aromatic carbocycles. The molecule has 5 aromatic heterocycles. The second kappa shape index (κ2) is 4.64. The van der Waals surface area contributed by atoms with Crippen molar-refractivity contribution in [1.29, 1.82) is 0 Å². The third-order valence-corrected chi connectivity index (χ3v) is 8.07. The molecule has 0 amide bonds. The van der Waals surface area contributed by atoms with Crippen molar-refractivity contribution in [2.24, 2.45) is 0 Å². The number of nitrogens with zero attached hydrogens (tertiary/aromatic N) is 2. The van der Waals surface area contributed by atoms with Crippen LogP contribution < -0.4 is 0 Å². The number of fused-ring (bicyclic) bond motifs is 2. The van der Waals surface area contributed by atoms with Crippen LogP contribution in [0.15, 0.2) is 84.9 Å². The first kappa shape index (κ1) is 15.3. The fraction of sp³-hybridized carbons (Fsp3) is 0. The van der Waals surface area contributed by atoms with Crippen molar-refractivity contribution in [3.63, 3.8) is 0 Å². The average molecular weight is 417 g/mol. The van der Waals surface area contributed by atoms with Gasteiger partial charge in [0.1, 0.15) is 0 Å². The fourth-order valence-electron chi connectivity index (χ4n) is 6.94. The second-order valence-corrected chi connectivity index (χ2v) is 9.46. The summed E-state index contributed by atoms with van der Waals surface area (Å²) in [4.78, 5) is 3.73. The molecule has 0 saturated carbocycles. The molecule has 10 rings (SSSR count). The van der Waals surface area contributed by atoms with Gasteiger partial charge in [0.05, 0.1) is 27.6 Å². The zero-order chi connectivity index (χ0) is 21.0. The lowest BCUT2D eigenvalue weighted by atomic mass is 10.0. The molecule has 0 saturated heterocycles. The van der Waals surface area contributed by atoms with Gasteiger partial charge in [-0.3, -0.25) is 0 Å². The van der Waals surface area contributed by atoms with Crippen LogP contribution in [-0.4, -0.2) is 14.0 Å². The van der Waals surface area contributed by atoms with E-state index >= 15 is 0 Å². The molecule has 33 heavy (non-hydrogen) atoms. The van der Waals surface area contributed by atoms with Crippen LogP contribution in [0, 0.1) is 0 Å². The van der Waals surface area contributed by atoms with E-state index in [1.54, 1.807) is 0 Å². The molecule has 5 heterocycles. The lowest BCUT2D eigenvalue weighted by Gasteiger charge is -2.08. The monoisotopic (exact) mass is 417 g/mol. The van der Waals surface area contributed by atoms with Gasteiger partial charge >= 0.3 is 0 Å². The molecule has 0 atom stereocenters. The standard InChI is InChI=1S/C30H15N3/c1-2-5-15(6-3-1)32-22-14-12-20-24-25-21(31-20)11-9-18-16-7-4-8-17-19-10-13-23(32)27(26(22)24)30(19)33(28(16)17)29(18)25/h1-14,31H. The Bertz CT molecular complexity index is 2320. The molecule has 0 aliphatic rings. The minimum atomic E-state index is 1.20. The zero-order valence-electron chi connectivity index (χ0n) is 17.5. The van der Waals surface area contributed by atoms with E-state index in [4.69, 9.17) is 0 Å². The van der Waals surface area contributed by atoms with E-state index in [9.17, 15) is 0 Å². The molecule has 0 aliphatic carbocycles. The summed E-state index contributed by atoms with van der Waals surface area (Å²) in [5, 5.41) is 10.8. The highest BCUT2D eigenvalue weighted by Crippen LogP contribution is 2.51. The molecule has 0 unspecified atom stereocenters. The molecular weight excluding hydrogens is 402 g/mol. The Morgan fingerprint density at radius 1 is 0.455 bits per heavy atom. The normalized spacial score (nSPS) is 13.5. The Hall–Kier alpha value is -4.50. The Morgan fingerprint density at radius 3 is 1.94 bits per heavy atom. The van der Waals surface area contributed by atoms with Gasteiger partial charge in [-0.25, -0.2) is 0 Å². The van der Waals surface area contributed by atoms with Crippen LogP contribution in [-0.2, 0) is 0 Å². The van der Waals surface area contributed by atoms with Crippen molar-refractivity contribution < 1.29 is 0 Å². The molecule has 0 aliphatic heterocycles. The summed E-state index contributed by atoms with van der Waals surface area (Å²) in [6.07, 6.45) is 0. The topological polar surface area (TPSA) is 25.1 Å². The van der Waals surface area contributed by atoms with E-state index in [-0.39, 0.29) is 0 Å². The Labute approximate surface area is 186 Å². The van der Waals surface area contributed by atoms with Gasteiger partial charge < -0.3 is 14.0 Å². The lowest BCUT2D eigenvalue weighted by Crippen LogP contribution is -1.93. The number of aromatic amines is 1. The number of H-pyrrole nitrogens is 1. The molecule has 0 spiro atoms. The van der Waals surface area contributed by atoms with Gasteiger partial charge in [-0.05, 0) is 36.4 Å². The Balaban J connectivity index is 1.71. The summed E-state index contributed by atoms with van der Waals surface area (Å²) >= 11 is 0. The van der Waals surface area contributed by atoms with Crippen LogP contribution in [0.2, 0.25) is 0 Å². The van der Waals surface area contributed by atoms with E-state index in [2.05, 4.69) is 98.9 Å². The number of nitrogens with one attached hydrogen (secondary N) is 1. The van der Waals surface area contributed by atoms with E-state index in [1.165, 1.54) is 87.4 Å². The zero-order valence-corrected chi connectivity index (χ0v) is 17.5. The summed E-state index contributed by atoms with van der Waals surface area (Å²) in [7, 11) is 0. The number of para-hydroxylation sites is 2. The fourth-order valence-corrected chi connectivity index (χ4v) is 6.94. The van der Waals surface area contributed by atoms with Crippen LogP contribution in [0.25, 0.3) is 87.4 Å². The SMILES string of the molecule is c1ccc(-n2c3ccc4[nH]c5ccc6c7cccc8c9ccc2c2c3c4c5c6n(c78)c92)cc1. The average Bonchev–Trinajstić information content (AvgIpc) is 3.55. The molecule has 3 heteroatoms. The largest absolute Gasteiger partial charge is 0.354 e. The highest BCUT2D eigenvalue weighted by Gasteiger charge is 2.28. The van der Waals surface area contributed by atoms with Gasteiger partial charge in [-0.1, -0.05) is 48.5 Å². The minimum Gasteiger partial charge on any atom is -0.354 e. The van der Waals surface area contributed by atoms with Crippen molar-refractivity contribution in [1.82, 2.24) is 14.0 Å². The van der Waals surface area contributed by atoms with Gasteiger partial charge in [-0.2, -0.15) is 0 Å². The number of hydrogen-bond acceptors (Lipinski definition) is 0. The van der Waals surface area contributed by atoms with Crippen LogP contribution in [0.3, 0.4) is 0 Å². The Kier molecular flexibility index (Phi) is 2.16. The number of aromatic nitrogens is 3. The molecular formula is C30H15N3.